The highest BCUT2D eigenvalue weighted by molar-refractivity contribution is 5.99. The zero-order valence-corrected chi connectivity index (χ0v) is 16.1. The van der Waals surface area contributed by atoms with Crippen molar-refractivity contribution in [1.29, 1.82) is 5.26 Å². The first-order valence-corrected chi connectivity index (χ1v) is 9.59. The van der Waals surface area contributed by atoms with Gasteiger partial charge in [0.15, 0.2) is 0 Å². The van der Waals surface area contributed by atoms with E-state index in [9.17, 15) is 28.0 Å². The molecule has 160 valence electrons. The number of rotatable bonds is 6. The van der Waals surface area contributed by atoms with Gasteiger partial charge in [-0.3, -0.25) is 9.59 Å². The molecule has 0 unspecified atom stereocenters. The number of alkyl halides is 3. The van der Waals surface area contributed by atoms with Crippen LogP contribution in [-0.2, 0) is 9.59 Å². The monoisotopic (exact) mass is 430 g/mol. The molecule has 7 nitrogen and oxygen atoms in total. The van der Waals surface area contributed by atoms with Crippen molar-refractivity contribution in [3.63, 3.8) is 0 Å². The van der Waals surface area contributed by atoms with Crippen LogP contribution in [0.1, 0.15) is 25.7 Å². The predicted molar refractivity (Wildman–Crippen MR) is 104 cm³/mol. The number of ether oxygens (including phenoxy) is 1. The lowest BCUT2D eigenvalue weighted by atomic mass is 10.1. The highest BCUT2D eigenvalue weighted by atomic mass is 19.4. The van der Waals surface area contributed by atoms with Crippen LogP contribution in [0.5, 0.6) is 5.75 Å². The van der Waals surface area contributed by atoms with Gasteiger partial charge >= 0.3 is 6.36 Å². The molecule has 0 bridgehead atoms. The molecular formula is C21H17F3N4O3. The highest BCUT2D eigenvalue weighted by Crippen LogP contribution is 2.45. The van der Waals surface area contributed by atoms with Gasteiger partial charge in [0.25, 0.3) is 0 Å². The van der Waals surface area contributed by atoms with Crippen molar-refractivity contribution in [2.45, 2.75) is 32.0 Å². The summed E-state index contributed by atoms with van der Waals surface area (Å²) in [5, 5.41) is 14.5. The summed E-state index contributed by atoms with van der Waals surface area (Å²) in [5.41, 5.74) is -0.0291. The first kappa shape index (κ1) is 20.7. The molecule has 0 atom stereocenters. The zero-order valence-electron chi connectivity index (χ0n) is 16.1. The molecule has 10 heteroatoms. The highest BCUT2D eigenvalue weighted by Gasteiger charge is 2.50. The first-order chi connectivity index (χ1) is 14.7. The molecule has 0 spiro atoms. The van der Waals surface area contributed by atoms with Crippen LogP contribution < -0.4 is 15.4 Å². The Morgan fingerprint density at radius 3 is 2.19 bits per heavy atom. The molecule has 2 saturated carbocycles. The molecule has 2 fully saturated rings. The minimum absolute atomic E-state index is 0.0735. The maximum Gasteiger partial charge on any atom is 0.573 e. The first-order valence-electron chi connectivity index (χ1n) is 9.59. The number of carbonyl (C=O) groups excluding carboxylic acids is 2. The average molecular weight is 430 g/mol. The zero-order chi connectivity index (χ0) is 22.2. The Hall–Kier alpha value is -3.61. The van der Waals surface area contributed by atoms with Crippen LogP contribution in [0, 0.1) is 22.7 Å². The summed E-state index contributed by atoms with van der Waals surface area (Å²) < 4.78 is 41.0. The number of nitriles is 1. The minimum atomic E-state index is -4.80. The van der Waals surface area contributed by atoms with Crippen molar-refractivity contribution >= 4 is 23.5 Å². The molecule has 31 heavy (non-hydrogen) atoms. The van der Waals surface area contributed by atoms with Gasteiger partial charge in [0.2, 0.25) is 11.8 Å². The summed E-state index contributed by atoms with van der Waals surface area (Å²) in [4.78, 5) is 28.8. The molecule has 1 heterocycles. The molecule has 2 aliphatic rings. The molecule has 4 rings (SSSR count). The molecular weight excluding hydrogens is 413 g/mol. The van der Waals surface area contributed by atoms with E-state index in [1.54, 1.807) is 6.07 Å². The second-order valence-electron chi connectivity index (χ2n) is 7.61. The van der Waals surface area contributed by atoms with Crippen molar-refractivity contribution in [2.75, 3.05) is 10.6 Å². The SMILES string of the molecule is N#CC1(C(=O)Nc2cc(-c3ccc(OC(F)(F)F)cc3)cc(NC(=O)C3CC3)n2)CC1. The van der Waals surface area contributed by atoms with Crippen LogP contribution in [-0.4, -0.2) is 23.2 Å². The molecule has 1 aromatic carbocycles. The van der Waals surface area contributed by atoms with Gasteiger partial charge in [0, 0.05) is 5.92 Å². The predicted octanol–water partition coefficient (Wildman–Crippen LogP) is 4.24. The number of anilines is 2. The van der Waals surface area contributed by atoms with Gasteiger partial charge in [-0.25, -0.2) is 4.98 Å². The summed E-state index contributed by atoms with van der Waals surface area (Å²) >= 11 is 0. The van der Waals surface area contributed by atoms with E-state index in [0.29, 0.717) is 24.0 Å². The Bertz CT molecular complexity index is 1070. The van der Waals surface area contributed by atoms with E-state index in [1.807, 2.05) is 6.07 Å². The number of nitrogens with zero attached hydrogens (tertiary/aromatic N) is 2. The summed E-state index contributed by atoms with van der Waals surface area (Å²) in [6, 6.07) is 10.3. The molecule has 0 radical (unpaired) electrons. The van der Waals surface area contributed by atoms with Crippen LogP contribution in [0.4, 0.5) is 24.8 Å². The number of halogens is 3. The smallest absolute Gasteiger partial charge is 0.406 e. The lowest BCUT2D eigenvalue weighted by Crippen LogP contribution is -2.23. The van der Waals surface area contributed by atoms with Gasteiger partial charge in [0.05, 0.1) is 6.07 Å². The fraction of sp³-hybridized carbons (Fsp3) is 0.333. The lowest BCUT2D eigenvalue weighted by Gasteiger charge is -2.13. The number of pyridine rings is 1. The van der Waals surface area contributed by atoms with Crippen LogP contribution >= 0.6 is 0 Å². The van der Waals surface area contributed by atoms with E-state index >= 15 is 0 Å². The summed E-state index contributed by atoms with van der Waals surface area (Å²) in [6.07, 6.45) is -2.29. The van der Waals surface area contributed by atoms with E-state index < -0.39 is 17.7 Å². The number of carbonyl (C=O) groups is 2. The van der Waals surface area contributed by atoms with Gasteiger partial charge in [0.1, 0.15) is 22.8 Å². The molecule has 1 aromatic heterocycles. The Morgan fingerprint density at radius 2 is 1.68 bits per heavy atom. The van der Waals surface area contributed by atoms with Gasteiger partial charge in [-0.05, 0) is 61.1 Å². The minimum Gasteiger partial charge on any atom is -0.406 e. The average Bonchev–Trinajstić information content (AvgIpc) is 3.61. The van der Waals surface area contributed by atoms with E-state index in [0.717, 1.165) is 12.8 Å². The summed E-state index contributed by atoms with van der Waals surface area (Å²) in [5.74, 6) is -0.783. The van der Waals surface area contributed by atoms with Crippen LogP contribution in [0.2, 0.25) is 0 Å². The van der Waals surface area contributed by atoms with Gasteiger partial charge in [-0.15, -0.1) is 13.2 Å². The third-order valence-electron chi connectivity index (χ3n) is 5.09. The van der Waals surface area contributed by atoms with Crippen LogP contribution in [0.15, 0.2) is 36.4 Å². The van der Waals surface area contributed by atoms with Crippen molar-refractivity contribution < 1.29 is 27.5 Å². The number of aromatic nitrogens is 1. The molecule has 2 aliphatic carbocycles. The van der Waals surface area contributed by atoms with Crippen molar-refractivity contribution in [1.82, 2.24) is 4.98 Å². The van der Waals surface area contributed by atoms with E-state index in [-0.39, 0.29) is 29.2 Å². The fourth-order valence-electron chi connectivity index (χ4n) is 3.00. The van der Waals surface area contributed by atoms with Gasteiger partial charge < -0.3 is 15.4 Å². The second-order valence-corrected chi connectivity index (χ2v) is 7.61. The maximum absolute atomic E-state index is 12.4. The van der Waals surface area contributed by atoms with Gasteiger partial charge in [-0.1, -0.05) is 12.1 Å². The Balaban J connectivity index is 1.61. The Morgan fingerprint density at radius 1 is 1.06 bits per heavy atom. The molecule has 2 aromatic rings. The number of hydrogen-bond donors (Lipinski definition) is 2. The van der Waals surface area contributed by atoms with Crippen LogP contribution in [0.3, 0.4) is 0 Å². The van der Waals surface area contributed by atoms with Crippen molar-refractivity contribution in [3.8, 4) is 22.9 Å². The lowest BCUT2D eigenvalue weighted by molar-refractivity contribution is -0.274. The van der Waals surface area contributed by atoms with E-state index in [1.165, 1.54) is 30.3 Å². The quantitative estimate of drug-likeness (QED) is 0.714. The fourth-order valence-corrected chi connectivity index (χ4v) is 3.00. The topological polar surface area (TPSA) is 104 Å². The molecule has 2 amide bonds. The number of hydrogen-bond acceptors (Lipinski definition) is 5. The van der Waals surface area contributed by atoms with Crippen molar-refractivity contribution in [2.24, 2.45) is 11.3 Å². The second kappa shape index (κ2) is 7.58. The molecule has 0 aliphatic heterocycles. The van der Waals surface area contributed by atoms with Crippen LogP contribution in [0.25, 0.3) is 11.1 Å². The van der Waals surface area contributed by atoms with E-state index in [4.69, 9.17) is 0 Å². The summed E-state index contributed by atoms with van der Waals surface area (Å²) in [6.45, 7) is 0. The molecule has 2 N–H and O–H groups in total. The normalized spacial score (nSPS) is 16.7. The third kappa shape index (κ3) is 4.94. The Labute approximate surface area is 175 Å². The standard InChI is InChI=1S/C21H17F3N4O3/c22-21(23,24)31-15-5-3-12(4-6-15)14-9-16(27-18(29)13-1-2-13)26-17(10-14)28-19(30)20(11-25)7-8-20/h3-6,9-10,13H,1-2,7-8H2,(H2,26,27,28,29,30). The number of benzene rings is 1. The van der Waals surface area contributed by atoms with Gasteiger partial charge in [-0.2, -0.15) is 5.26 Å². The largest absolute Gasteiger partial charge is 0.573 e. The Kier molecular flexibility index (Phi) is 5.05. The number of amides is 2. The molecule has 0 saturated heterocycles. The van der Waals surface area contributed by atoms with Crippen molar-refractivity contribution in [3.05, 3.63) is 36.4 Å². The maximum atomic E-state index is 12.4. The third-order valence-corrected chi connectivity index (χ3v) is 5.09. The summed E-state index contributed by atoms with van der Waals surface area (Å²) in [7, 11) is 0. The van der Waals surface area contributed by atoms with E-state index in [2.05, 4.69) is 20.4 Å². The number of nitrogens with one attached hydrogen (secondary N) is 2.